The molecule has 15 heavy (non-hydrogen) atoms. The zero-order valence-corrected chi connectivity index (χ0v) is 8.66. The van der Waals surface area contributed by atoms with E-state index in [0.717, 1.165) is 21.2 Å². The molecule has 3 aromatic heterocycles. The molecule has 3 N–H and O–H groups in total. The van der Waals surface area contributed by atoms with E-state index in [0.29, 0.717) is 6.54 Å². The third kappa shape index (κ3) is 1.34. The van der Waals surface area contributed by atoms with Crippen LogP contribution in [0.1, 0.15) is 5.69 Å². The molecule has 5 nitrogen and oxygen atoms in total. The lowest BCUT2D eigenvalue weighted by Crippen LogP contribution is -1.95. The lowest BCUT2D eigenvalue weighted by molar-refractivity contribution is 0.959. The van der Waals surface area contributed by atoms with Crippen molar-refractivity contribution in [2.75, 3.05) is 0 Å². The van der Waals surface area contributed by atoms with Crippen LogP contribution in [0, 0.1) is 0 Å². The fourth-order valence-electron chi connectivity index (χ4n) is 1.42. The number of rotatable bonds is 2. The van der Waals surface area contributed by atoms with E-state index in [4.69, 9.17) is 5.73 Å². The number of aromatic nitrogens is 4. The number of hydrogen-bond acceptors (Lipinski definition) is 4. The maximum absolute atomic E-state index is 5.50. The van der Waals surface area contributed by atoms with Crippen LogP contribution in [-0.4, -0.2) is 19.6 Å². The highest BCUT2D eigenvalue weighted by atomic mass is 32.1. The van der Waals surface area contributed by atoms with E-state index in [1.807, 2.05) is 24.7 Å². The van der Waals surface area contributed by atoms with Gasteiger partial charge in [-0.05, 0) is 6.07 Å². The molecule has 0 aliphatic carbocycles. The van der Waals surface area contributed by atoms with Crippen molar-refractivity contribution in [3.63, 3.8) is 0 Å². The summed E-state index contributed by atoms with van der Waals surface area (Å²) >= 11 is 1.56. The molecule has 0 saturated carbocycles. The molecule has 0 spiro atoms. The number of imidazole rings is 1. The van der Waals surface area contributed by atoms with E-state index in [-0.39, 0.29) is 0 Å². The van der Waals surface area contributed by atoms with Gasteiger partial charge < -0.3 is 10.7 Å². The van der Waals surface area contributed by atoms with Crippen molar-refractivity contribution in [2.24, 2.45) is 5.73 Å². The van der Waals surface area contributed by atoms with Crippen LogP contribution in [0.4, 0.5) is 0 Å². The van der Waals surface area contributed by atoms with Gasteiger partial charge in [-0.1, -0.05) is 11.3 Å². The molecular weight excluding hydrogens is 210 g/mol. The number of fused-ring (bicyclic) bond motifs is 1. The van der Waals surface area contributed by atoms with Crippen molar-refractivity contribution in [3.05, 3.63) is 30.4 Å². The fourth-order valence-corrected chi connectivity index (χ4v) is 2.31. The highest BCUT2D eigenvalue weighted by Gasteiger charge is 2.08. The SMILES string of the molecule is NCc1cn2nc(-c3cc[nH]c3)sc2n1. The van der Waals surface area contributed by atoms with E-state index in [1.54, 1.807) is 15.9 Å². The Morgan fingerprint density at radius 3 is 3.13 bits per heavy atom. The third-order valence-corrected chi connectivity index (χ3v) is 3.12. The van der Waals surface area contributed by atoms with Crippen LogP contribution in [0.3, 0.4) is 0 Å². The number of nitrogens with two attached hydrogens (primary N) is 1. The van der Waals surface area contributed by atoms with Crippen molar-refractivity contribution in [1.82, 2.24) is 19.6 Å². The maximum Gasteiger partial charge on any atom is 0.212 e. The van der Waals surface area contributed by atoms with Gasteiger partial charge in [-0.3, -0.25) is 0 Å². The summed E-state index contributed by atoms with van der Waals surface area (Å²) in [6.45, 7) is 0.454. The summed E-state index contributed by atoms with van der Waals surface area (Å²) in [6.07, 6.45) is 5.66. The molecule has 76 valence electrons. The maximum atomic E-state index is 5.50. The van der Waals surface area contributed by atoms with Crippen LogP contribution < -0.4 is 5.73 Å². The Labute approximate surface area is 89.6 Å². The van der Waals surface area contributed by atoms with Crippen LogP contribution in [-0.2, 0) is 6.54 Å². The molecule has 0 radical (unpaired) electrons. The number of hydrogen-bond donors (Lipinski definition) is 2. The largest absolute Gasteiger partial charge is 0.367 e. The first kappa shape index (κ1) is 8.63. The zero-order chi connectivity index (χ0) is 10.3. The van der Waals surface area contributed by atoms with Gasteiger partial charge in [0.1, 0.15) is 5.01 Å². The van der Waals surface area contributed by atoms with Gasteiger partial charge in [0, 0.05) is 24.5 Å². The summed E-state index contributed by atoms with van der Waals surface area (Å²) in [4.78, 5) is 8.23. The topological polar surface area (TPSA) is 72.0 Å². The highest BCUT2D eigenvalue weighted by molar-refractivity contribution is 7.19. The minimum absolute atomic E-state index is 0.454. The van der Waals surface area contributed by atoms with Crippen molar-refractivity contribution >= 4 is 16.3 Å². The monoisotopic (exact) mass is 219 g/mol. The van der Waals surface area contributed by atoms with Crippen molar-refractivity contribution < 1.29 is 0 Å². The molecule has 0 fully saturated rings. The van der Waals surface area contributed by atoms with E-state index < -0.39 is 0 Å². The predicted molar refractivity (Wildman–Crippen MR) is 58.5 cm³/mol. The summed E-state index contributed by atoms with van der Waals surface area (Å²) in [5.41, 5.74) is 7.45. The first-order chi connectivity index (χ1) is 7.36. The van der Waals surface area contributed by atoms with Gasteiger partial charge in [0.05, 0.1) is 11.9 Å². The minimum Gasteiger partial charge on any atom is -0.367 e. The second kappa shape index (κ2) is 3.18. The quantitative estimate of drug-likeness (QED) is 0.681. The molecule has 3 rings (SSSR count). The Bertz CT molecular complexity index is 545. The summed E-state index contributed by atoms with van der Waals surface area (Å²) in [5, 5.41) is 5.38. The number of nitrogens with zero attached hydrogens (tertiary/aromatic N) is 3. The first-order valence-corrected chi connectivity index (χ1v) is 5.37. The van der Waals surface area contributed by atoms with Crippen molar-refractivity contribution in [1.29, 1.82) is 0 Å². The lowest BCUT2D eigenvalue weighted by atomic mass is 10.4. The van der Waals surface area contributed by atoms with E-state index >= 15 is 0 Å². The highest BCUT2D eigenvalue weighted by Crippen LogP contribution is 2.24. The van der Waals surface area contributed by atoms with Crippen LogP contribution in [0.25, 0.3) is 15.5 Å². The summed E-state index contributed by atoms with van der Waals surface area (Å²) in [5.74, 6) is 0. The van der Waals surface area contributed by atoms with Gasteiger partial charge in [-0.25, -0.2) is 9.50 Å². The Balaban J connectivity index is 2.12. The minimum atomic E-state index is 0.454. The van der Waals surface area contributed by atoms with Crippen LogP contribution in [0.5, 0.6) is 0 Å². The van der Waals surface area contributed by atoms with Gasteiger partial charge >= 0.3 is 0 Å². The molecule has 3 aromatic rings. The van der Waals surface area contributed by atoms with Crippen LogP contribution in [0.2, 0.25) is 0 Å². The molecule has 0 saturated heterocycles. The third-order valence-electron chi connectivity index (χ3n) is 2.15. The molecule has 0 bridgehead atoms. The molecular formula is C9H9N5S. The Morgan fingerprint density at radius 1 is 1.53 bits per heavy atom. The zero-order valence-electron chi connectivity index (χ0n) is 7.84. The van der Waals surface area contributed by atoms with Crippen LogP contribution in [0.15, 0.2) is 24.7 Å². The van der Waals surface area contributed by atoms with Crippen LogP contribution >= 0.6 is 11.3 Å². The molecule has 0 atom stereocenters. The molecule has 6 heteroatoms. The molecule has 0 unspecified atom stereocenters. The lowest BCUT2D eigenvalue weighted by Gasteiger charge is -1.86. The average Bonchev–Trinajstić information content (AvgIpc) is 2.91. The first-order valence-electron chi connectivity index (χ1n) is 4.55. The standard InChI is InChI=1S/C9H9N5S/c10-3-7-5-14-9(12-7)15-8(13-14)6-1-2-11-4-6/h1-2,4-5,11H,3,10H2. The smallest absolute Gasteiger partial charge is 0.212 e. The predicted octanol–water partition coefficient (Wildman–Crippen LogP) is 1.24. The Kier molecular flexibility index (Phi) is 1.83. The number of H-pyrrole nitrogens is 1. The second-order valence-electron chi connectivity index (χ2n) is 3.17. The average molecular weight is 219 g/mol. The van der Waals surface area contributed by atoms with E-state index in [9.17, 15) is 0 Å². The molecule has 3 heterocycles. The van der Waals surface area contributed by atoms with Crippen molar-refractivity contribution in [3.8, 4) is 10.6 Å². The molecule has 0 aliphatic rings. The van der Waals surface area contributed by atoms with Gasteiger partial charge in [0.2, 0.25) is 4.96 Å². The molecule has 0 aromatic carbocycles. The summed E-state index contributed by atoms with van der Waals surface area (Å²) in [7, 11) is 0. The van der Waals surface area contributed by atoms with Gasteiger partial charge in [-0.15, -0.1) is 0 Å². The summed E-state index contributed by atoms with van der Waals surface area (Å²) in [6, 6.07) is 1.99. The van der Waals surface area contributed by atoms with E-state index in [2.05, 4.69) is 15.1 Å². The fraction of sp³-hybridized carbons (Fsp3) is 0.111. The Hall–Kier alpha value is -1.66. The van der Waals surface area contributed by atoms with E-state index in [1.165, 1.54) is 0 Å². The second-order valence-corrected chi connectivity index (χ2v) is 4.13. The normalized spacial score (nSPS) is 11.3. The Morgan fingerprint density at radius 2 is 2.47 bits per heavy atom. The molecule has 0 aliphatic heterocycles. The summed E-state index contributed by atoms with van der Waals surface area (Å²) < 4.78 is 1.77. The number of aromatic amines is 1. The van der Waals surface area contributed by atoms with Crippen molar-refractivity contribution in [2.45, 2.75) is 6.54 Å². The van der Waals surface area contributed by atoms with Gasteiger partial charge in [0.25, 0.3) is 0 Å². The molecule has 0 amide bonds. The van der Waals surface area contributed by atoms with Gasteiger partial charge in [0.15, 0.2) is 0 Å². The number of nitrogens with one attached hydrogen (secondary N) is 1. The van der Waals surface area contributed by atoms with Gasteiger partial charge in [-0.2, -0.15) is 5.10 Å².